The monoisotopic (exact) mass is 933 g/mol. The highest BCUT2D eigenvalue weighted by atomic mass is 16.6. The van der Waals surface area contributed by atoms with E-state index in [1.165, 1.54) is 12.8 Å². The molecule has 0 spiro atoms. The molecule has 1 unspecified atom stereocenters. The minimum Gasteiger partial charge on any atom is -0.462 e. The van der Waals surface area contributed by atoms with E-state index in [1.807, 2.05) is 60.8 Å². The van der Waals surface area contributed by atoms with Gasteiger partial charge in [-0.2, -0.15) is 0 Å². The molecule has 0 aliphatic heterocycles. The SMILES string of the molecule is CC\C=C/C=C\C=C/C=C\C=C/CCCCCC(=O)OCC(COC(=O)CCCCCCCC/C=C\C/C=C\C/C=C\C/C=C\CC)OC(=O)CC/C=C\C/C=C\C/C=C\C/C=C\C/C=C\CC. The van der Waals surface area contributed by atoms with Crippen molar-refractivity contribution in [3.05, 3.63) is 170 Å². The standard InChI is InChI=1S/C62H92O6/c1-4-7-10-13-16-19-22-25-28-30-31-32-35-37-40-43-46-49-52-55-61(64)67-58-59(57-66-60(63)54-51-48-45-42-39-36-33-27-24-21-18-15-12-9-6-3)68-62(65)56-53-50-47-44-41-38-34-29-26-23-20-17-14-11-8-5-2/h7-12,15-21,24-29,31-33,36,38-39,41,47,50,59H,4-6,13-14,22-23,30,34-35,37,40,42-46,48-49,51-58H2,1-3H3/b10-7-,11-8-,12-9-,18-15-,19-16-,20-17-,24-21-,28-25-,29-26-,32-31-,33-27-,39-36-,41-38-,50-47-. The fourth-order valence-electron chi connectivity index (χ4n) is 6.27. The molecular weight excluding hydrogens is 841 g/mol. The summed E-state index contributed by atoms with van der Waals surface area (Å²) < 4.78 is 16.7. The highest BCUT2D eigenvalue weighted by Gasteiger charge is 2.19. The number of ether oxygens (including phenoxy) is 3. The van der Waals surface area contributed by atoms with Gasteiger partial charge in [0.2, 0.25) is 0 Å². The number of unbranched alkanes of at least 4 members (excludes halogenated alkanes) is 9. The lowest BCUT2D eigenvalue weighted by atomic mass is 10.1. The van der Waals surface area contributed by atoms with Crippen molar-refractivity contribution in [3.8, 4) is 0 Å². The molecule has 0 aromatic carbocycles. The molecule has 0 saturated heterocycles. The molecule has 0 aliphatic rings. The van der Waals surface area contributed by atoms with Crippen molar-refractivity contribution in [1.29, 1.82) is 0 Å². The summed E-state index contributed by atoms with van der Waals surface area (Å²) in [6.07, 6.45) is 80.6. The molecule has 376 valence electrons. The first-order chi connectivity index (χ1) is 33.5. The van der Waals surface area contributed by atoms with Crippen LogP contribution in [0.15, 0.2) is 170 Å². The fraction of sp³-hybridized carbons (Fsp3) is 0.500. The third-order valence-corrected chi connectivity index (χ3v) is 10.1. The van der Waals surface area contributed by atoms with Crippen LogP contribution < -0.4 is 0 Å². The molecule has 68 heavy (non-hydrogen) atoms. The molecule has 0 radical (unpaired) electrons. The van der Waals surface area contributed by atoms with Crippen molar-refractivity contribution in [3.63, 3.8) is 0 Å². The average molecular weight is 933 g/mol. The van der Waals surface area contributed by atoms with Crippen LogP contribution in [0.1, 0.15) is 181 Å². The molecule has 6 nitrogen and oxygen atoms in total. The molecule has 1 atom stereocenters. The first-order valence-corrected chi connectivity index (χ1v) is 26.2. The number of allylic oxidation sites excluding steroid dienone is 28. The van der Waals surface area contributed by atoms with Crippen molar-refractivity contribution in [2.45, 2.75) is 187 Å². The molecule has 0 aliphatic carbocycles. The zero-order valence-electron chi connectivity index (χ0n) is 42.8. The second-order valence-electron chi connectivity index (χ2n) is 16.4. The summed E-state index contributed by atoms with van der Waals surface area (Å²) in [5.41, 5.74) is 0. The maximum absolute atomic E-state index is 12.8. The lowest BCUT2D eigenvalue weighted by molar-refractivity contribution is -0.166. The summed E-state index contributed by atoms with van der Waals surface area (Å²) in [5.74, 6) is -1.09. The van der Waals surface area contributed by atoms with Crippen LogP contribution in [0.5, 0.6) is 0 Å². The number of carbonyl (C=O) groups excluding carboxylic acids is 3. The van der Waals surface area contributed by atoms with E-state index in [0.29, 0.717) is 19.3 Å². The normalized spacial score (nSPS) is 13.5. The third-order valence-electron chi connectivity index (χ3n) is 10.1. The van der Waals surface area contributed by atoms with Crippen LogP contribution in [0.3, 0.4) is 0 Å². The Kier molecular flexibility index (Phi) is 50.2. The molecule has 0 aromatic heterocycles. The molecule has 6 heteroatoms. The second kappa shape index (κ2) is 54.4. The Hall–Kier alpha value is -5.23. The molecule has 0 N–H and O–H groups in total. The topological polar surface area (TPSA) is 78.9 Å². The predicted molar refractivity (Wildman–Crippen MR) is 292 cm³/mol. The number of hydrogen-bond donors (Lipinski definition) is 0. The predicted octanol–water partition coefficient (Wildman–Crippen LogP) is 17.6. The van der Waals surface area contributed by atoms with Crippen LogP contribution in [0, 0.1) is 0 Å². The van der Waals surface area contributed by atoms with E-state index in [9.17, 15) is 14.4 Å². The molecule has 0 rings (SSSR count). The Morgan fingerprint density at radius 2 is 0.632 bits per heavy atom. The van der Waals surface area contributed by atoms with Crippen molar-refractivity contribution >= 4 is 17.9 Å². The van der Waals surface area contributed by atoms with Gasteiger partial charge in [-0.05, 0) is 109 Å². The Balaban J connectivity index is 4.62. The minimum atomic E-state index is -0.851. The maximum Gasteiger partial charge on any atom is 0.306 e. The quantitative estimate of drug-likeness (QED) is 0.0199. The molecule has 0 amide bonds. The Bertz CT molecular complexity index is 1640. The highest BCUT2D eigenvalue weighted by molar-refractivity contribution is 5.71. The maximum atomic E-state index is 12.8. The van der Waals surface area contributed by atoms with Crippen LogP contribution in [-0.4, -0.2) is 37.2 Å². The van der Waals surface area contributed by atoms with Crippen molar-refractivity contribution < 1.29 is 28.6 Å². The number of esters is 3. The van der Waals surface area contributed by atoms with Gasteiger partial charge in [-0.15, -0.1) is 0 Å². The number of rotatable bonds is 44. The second-order valence-corrected chi connectivity index (χ2v) is 16.4. The van der Waals surface area contributed by atoms with Crippen LogP contribution in [0.2, 0.25) is 0 Å². The van der Waals surface area contributed by atoms with E-state index in [2.05, 4.69) is 130 Å². The Morgan fingerprint density at radius 1 is 0.309 bits per heavy atom. The Labute approximate surface area is 415 Å². The van der Waals surface area contributed by atoms with Gasteiger partial charge in [0.25, 0.3) is 0 Å². The van der Waals surface area contributed by atoms with Crippen molar-refractivity contribution in [2.75, 3.05) is 13.2 Å². The van der Waals surface area contributed by atoms with Gasteiger partial charge >= 0.3 is 17.9 Å². The minimum absolute atomic E-state index is 0.138. The van der Waals surface area contributed by atoms with Gasteiger partial charge < -0.3 is 14.2 Å². The third kappa shape index (κ3) is 51.7. The fourth-order valence-corrected chi connectivity index (χ4v) is 6.27. The molecule has 0 aromatic rings. The largest absolute Gasteiger partial charge is 0.462 e. The van der Waals surface area contributed by atoms with E-state index in [1.54, 1.807) is 0 Å². The summed E-state index contributed by atoms with van der Waals surface area (Å²) in [5, 5.41) is 0. The van der Waals surface area contributed by atoms with E-state index in [0.717, 1.165) is 116 Å². The van der Waals surface area contributed by atoms with E-state index in [4.69, 9.17) is 14.2 Å². The van der Waals surface area contributed by atoms with Crippen molar-refractivity contribution in [1.82, 2.24) is 0 Å². The van der Waals surface area contributed by atoms with Crippen LogP contribution >= 0.6 is 0 Å². The van der Waals surface area contributed by atoms with E-state index in [-0.39, 0.29) is 38.0 Å². The van der Waals surface area contributed by atoms with Crippen LogP contribution in [-0.2, 0) is 28.6 Å². The molecule has 0 saturated carbocycles. The summed E-state index contributed by atoms with van der Waals surface area (Å²) in [6.45, 7) is 6.12. The number of carbonyl (C=O) groups is 3. The summed E-state index contributed by atoms with van der Waals surface area (Å²) in [7, 11) is 0. The lowest BCUT2D eigenvalue weighted by Gasteiger charge is -2.18. The van der Waals surface area contributed by atoms with Gasteiger partial charge in [0.15, 0.2) is 6.10 Å². The van der Waals surface area contributed by atoms with Gasteiger partial charge in [0.1, 0.15) is 13.2 Å². The highest BCUT2D eigenvalue weighted by Crippen LogP contribution is 2.11. The first-order valence-electron chi connectivity index (χ1n) is 26.2. The van der Waals surface area contributed by atoms with E-state index >= 15 is 0 Å². The Morgan fingerprint density at radius 3 is 1.07 bits per heavy atom. The smallest absolute Gasteiger partial charge is 0.306 e. The summed E-state index contributed by atoms with van der Waals surface area (Å²) in [6, 6.07) is 0. The molecule has 0 bridgehead atoms. The molecule has 0 fully saturated rings. The van der Waals surface area contributed by atoms with Gasteiger partial charge in [0, 0.05) is 19.3 Å². The average Bonchev–Trinajstić information content (AvgIpc) is 3.34. The van der Waals surface area contributed by atoms with Gasteiger partial charge in [-0.25, -0.2) is 0 Å². The molecule has 0 heterocycles. The van der Waals surface area contributed by atoms with Gasteiger partial charge in [0.05, 0.1) is 0 Å². The van der Waals surface area contributed by atoms with Crippen molar-refractivity contribution in [2.24, 2.45) is 0 Å². The van der Waals surface area contributed by atoms with Gasteiger partial charge in [-0.1, -0.05) is 223 Å². The van der Waals surface area contributed by atoms with Crippen LogP contribution in [0.4, 0.5) is 0 Å². The first kappa shape index (κ1) is 62.8. The van der Waals surface area contributed by atoms with Crippen LogP contribution in [0.25, 0.3) is 0 Å². The van der Waals surface area contributed by atoms with Gasteiger partial charge in [-0.3, -0.25) is 14.4 Å². The summed E-state index contributed by atoms with van der Waals surface area (Å²) in [4.78, 5) is 38.0. The zero-order valence-corrected chi connectivity index (χ0v) is 42.8. The molecular formula is C62H92O6. The zero-order chi connectivity index (χ0) is 49.3. The lowest BCUT2D eigenvalue weighted by Crippen LogP contribution is -2.30. The van der Waals surface area contributed by atoms with E-state index < -0.39 is 12.1 Å². The summed E-state index contributed by atoms with van der Waals surface area (Å²) >= 11 is 0. The number of hydrogen-bond acceptors (Lipinski definition) is 6.